The van der Waals surface area contributed by atoms with Crippen molar-refractivity contribution in [2.75, 3.05) is 0 Å². The highest BCUT2D eigenvalue weighted by atomic mass is 14.9. The molecule has 0 fully saturated rings. The van der Waals surface area contributed by atoms with Crippen molar-refractivity contribution in [3.05, 3.63) is 77.5 Å². The van der Waals surface area contributed by atoms with Crippen LogP contribution in [0.25, 0.3) is 28.3 Å². The van der Waals surface area contributed by atoms with Crippen LogP contribution < -0.4 is 5.73 Å². The van der Waals surface area contributed by atoms with E-state index in [4.69, 9.17) is 15.7 Å². The molecule has 2 N–H and O–H groups in total. The summed E-state index contributed by atoms with van der Waals surface area (Å²) in [6.07, 6.45) is 4.59. The Labute approximate surface area is 168 Å². The number of allylic oxidation sites excluding steroid dienone is 1. The predicted octanol–water partition coefficient (Wildman–Crippen LogP) is 6.39. The Balaban J connectivity index is 2.15. The molecule has 0 radical (unpaired) electrons. The largest absolute Gasteiger partial charge is 0.398 e. The number of unbranched alkanes of at least 4 members (excludes halogenated alkanes) is 2. The molecule has 0 unspecified atom stereocenters. The fourth-order valence-electron chi connectivity index (χ4n) is 3.40. The average molecular weight is 372 g/mol. The molecule has 0 aliphatic heterocycles. The second kappa shape index (κ2) is 9.32. The van der Waals surface area contributed by atoms with E-state index in [0.717, 1.165) is 52.4 Å². The standard InChI is InChI=1S/C25H29N3/c1-4-5-8-13-18(2)23(26)22-19(3)27-25(21-16-11-7-12-17-21)28-24(22)20-14-9-6-10-15-20/h6-7,9-12,14-17H,4-5,8,13,26H2,1-3H3/b23-18-. The molecule has 0 atom stereocenters. The summed E-state index contributed by atoms with van der Waals surface area (Å²) in [5, 5.41) is 0. The van der Waals surface area contributed by atoms with E-state index in [9.17, 15) is 0 Å². The van der Waals surface area contributed by atoms with Crippen molar-refractivity contribution in [1.82, 2.24) is 9.97 Å². The van der Waals surface area contributed by atoms with E-state index in [0.29, 0.717) is 0 Å². The lowest BCUT2D eigenvalue weighted by Gasteiger charge is -2.16. The van der Waals surface area contributed by atoms with Crippen molar-refractivity contribution in [3.63, 3.8) is 0 Å². The van der Waals surface area contributed by atoms with Crippen LogP contribution in [0.5, 0.6) is 0 Å². The predicted molar refractivity (Wildman–Crippen MR) is 119 cm³/mol. The van der Waals surface area contributed by atoms with Crippen LogP contribution in [-0.4, -0.2) is 9.97 Å². The number of benzene rings is 2. The van der Waals surface area contributed by atoms with Gasteiger partial charge in [0.15, 0.2) is 5.82 Å². The topological polar surface area (TPSA) is 51.8 Å². The average Bonchev–Trinajstić information content (AvgIpc) is 2.74. The van der Waals surface area contributed by atoms with Crippen molar-refractivity contribution in [1.29, 1.82) is 0 Å². The lowest BCUT2D eigenvalue weighted by atomic mass is 9.97. The number of nitrogens with two attached hydrogens (primary N) is 1. The highest BCUT2D eigenvalue weighted by Crippen LogP contribution is 2.31. The van der Waals surface area contributed by atoms with E-state index < -0.39 is 0 Å². The third kappa shape index (κ3) is 4.48. The Morgan fingerprint density at radius 2 is 1.46 bits per heavy atom. The molecule has 0 amide bonds. The van der Waals surface area contributed by atoms with Gasteiger partial charge in [-0.05, 0) is 32.3 Å². The Bertz CT molecular complexity index is 944. The molecule has 3 rings (SSSR count). The molecule has 0 saturated heterocycles. The fraction of sp³-hybridized carbons (Fsp3) is 0.280. The van der Waals surface area contributed by atoms with Crippen LogP contribution in [-0.2, 0) is 0 Å². The fourth-order valence-corrected chi connectivity index (χ4v) is 3.40. The molecule has 2 aromatic carbocycles. The molecule has 0 bridgehead atoms. The summed E-state index contributed by atoms with van der Waals surface area (Å²) in [5.74, 6) is 0.733. The molecule has 28 heavy (non-hydrogen) atoms. The van der Waals surface area contributed by atoms with E-state index in [1.807, 2.05) is 55.5 Å². The SMILES string of the molecule is CCCCC/C(C)=C(\N)c1c(C)nc(-c2ccccc2)nc1-c1ccccc1. The second-order valence-electron chi connectivity index (χ2n) is 7.24. The molecule has 3 aromatic rings. The molecule has 1 aromatic heterocycles. The van der Waals surface area contributed by atoms with Crippen molar-refractivity contribution in [2.45, 2.75) is 46.5 Å². The van der Waals surface area contributed by atoms with Crippen molar-refractivity contribution < 1.29 is 0 Å². The molecule has 0 spiro atoms. The number of rotatable bonds is 7. The van der Waals surface area contributed by atoms with E-state index in [1.54, 1.807) is 0 Å². The van der Waals surface area contributed by atoms with E-state index in [2.05, 4.69) is 26.0 Å². The van der Waals surface area contributed by atoms with Gasteiger partial charge >= 0.3 is 0 Å². The van der Waals surface area contributed by atoms with Crippen molar-refractivity contribution in [3.8, 4) is 22.6 Å². The number of hydrogen-bond donors (Lipinski definition) is 1. The zero-order valence-corrected chi connectivity index (χ0v) is 17.1. The van der Waals surface area contributed by atoms with Gasteiger partial charge in [0, 0.05) is 22.4 Å². The number of hydrogen-bond acceptors (Lipinski definition) is 3. The lowest BCUT2D eigenvalue weighted by molar-refractivity contribution is 0.713. The highest BCUT2D eigenvalue weighted by molar-refractivity contribution is 5.81. The Kier molecular flexibility index (Phi) is 6.59. The molecule has 3 heteroatoms. The van der Waals surface area contributed by atoms with Crippen molar-refractivity contribution >= 4 is 5.70 Å². The minimum Gasteiger partial charge on any atom is -0.398 e. The Hall–Kier alpha value is -2.94. The van der Waals surface area contributed by atoms with Gasteiger partial charge in [-0.1, -0.05) is 80.4 Å². The number of aromatic nitrogens is 2. The van der Waals surface area contributed by atoms with Crippen LogP contribution in [0.1, 0.15) is 50.8 Å². The van der Waals surface area contributed by atoms with Gasteiger partial charge in [0.05, 0.1) is 11.4 Å². The summed E-state index contributed by atoms with van der Waals surface area (Å²) in [5.41, 5.74) is 13.5. The van der Waals surface area contributed by atoms with Crippen molar-refractivity contribution in [2.24, 2.45) is 5.73 Å². The summed E-state index contributed by atoms with van der Waals surface area (Å²) in [4.78, 5) is 9.75. The maximum Gasteiger partial charge on any atom is 0.160 e. The molecule has 0 aliphatic carbocycles. The third-order valence-electron chi connectivity index (χ3n) is 5.05. The highest BCUT2D eigenvalue weighted by Gasteiger charge is 2.17. The summed E-state index contributed by atoms with van der Waals surface area (Å²) >= 11 is 0. The normalized spacial score (nSPS) is 12.0. The summed E-state index contributed by atoms with van der Waals surface area (Å²) < 4.78 is 0. The molecule has 0 saturated carbocycles. The first kappa shape index (κ1) is 19.8. The Morgan fingerprint density at radius 1 is 0.857 bits per heavy atom. The van der Waals surface area contributed by atoms with Crippen LogP contribution in [0.15, 0.2) is 66.2 Å². The van der Waals surface area contributed by atoms with Gasteiger partial charge < -0.3 is 5.73 Å². The molecule has 144 valence electrons. The monoisotopic (exact) mass is 371 g/mol. The first-order valence-corrected chi connectivity index (χ1v) is 10.1. The zero-order valence-electron chi connectivity index (χ0n) is 17.1. The minimum absolute atomic E-state index is 0.733. The first-order valence-electron chi connectivity index (χ1n) is 10.1. The van der Waals surface area contributed by atoms with E-state index in [-0.39, 0.29) is 0 Å². The van der Waals surface area contributed by atoms with Gasteiger partial charge in [-0.3, -0.25) is 0 Å². The minimum atomic E-state index is 0.733. The maximum atomic E-state index is 6.65. The van der Waals surface area contributed by atoms with E-state index in [1.165, 1.54) is 18.4 Å². The molecule has 1 heterocycles. The molecule has 3 nitrogen and oxygen atoms in total. The van der Waals surface area contributed by atoms with Gasteiger partial charge in [-0.25, -0.2) is 9.97 Å². The van der Waals surface area contributed by atoms with Gasteiger partial charge in [-0.2, -0.15) is 0 Å². The summed E-state index contributed by atoms with van der Waals surface area (Å²) in [6, 6.07) is 20.4. The van der Waals surface area contributed by atoms with Crippen LogP contribution in [0.2, 0.25) is 0 Å². The first-order chi connectivity index (χ1) is 13.6. The second-order valence-corrected chi connectivity index (χ2v) is 7.24. The zero-order chi connectivity index (χ0) is 19.9. The Morgan fingerprint density at radius 3 is 2.07 bits per heavy atom. The lowest BCUT2D eigenvalue weighted by Crippen LogP contribution is -2.09. The third-order valence-corrected chi connectivity index (χ3v) is 5.05. The van der Waals surface area contributed by atoms with Crippen LogP contribution in [0.3, 0.4) is 0 Å². The van der Waals surface area contributed by atoms with Crippen LogP contribution in [0.4, 0.5) is 0 Å². The quantitative estimate of drug-likeness (QED) is 0.490. The van der Waals surface area contributed by atoms with Crippen LogP contribution >= 0.6 is 0 Å². The number of aryl methyl sites for hydroxylation is 1. The molecular weight excluding hydrogens is 342 g/mol. The van der Waals surface area contributed by atoms with Gasteiger partial charge in [0.25, 0.3) is 0 Å². The van der Waals surface area contributed by atoms with Gasteiger partial charge in [0.2, 0.25) is 0 Å². The smallest absolute Gasteiger partial charge is 0.160 e. The van der Waals surface area contributed by atoms with Gasteiger partial charge in [-0.15, -0.1) is 0 Å². The van der Waals surface area contributed by atoms with Crippen LogP contribution in [0, 0.1) is 6.92 Å². The summed E-state index contributed by atoms with van der Waals surface area (Å²) in [6.45, 7) is 6.38. The molecular formula is C25H29N3. The number of nitrogens with zero attached hydrogens (tertiary/aromatic N) is 2. The van der Waals surface area contributed by atoms with Gasteiger partial charge in [0.1, 0.15) is 0 Å². The maximum absolute atomic E-state index is 6.65. The molecule has 0 aliphatic rings. The summed E-state index contributed by atoms with van der Waals surface area (Å²) in [7, 11) is 0. The van der Waals surface area contributed by atoms with E-state index >= 15 is 0 Å².